The monoisotopic (exact) mass is 434 g/mol. The minimum atomic E-state index is -1.38. The van der Waals surface area contributed by atoms with Crippen molar-refractivity contribution in [1.82, 2.24) is 0 Å². The molecule has 0 amide bonds. The Morgan fingerprint density at radius 1 is 0.871 bits per heavy atom. The van der Waals surface area contributed by atoms with Gasteiger partial charge in [-0.25, -0.2) is 0 Å². The molecule has 0 aromatic rings. The summed E-state index contributed by atoms with van der Waals surface area (Å²) in [6, 6.07) is 0. The average Bonchev–Trinajstić information content (AvgIpc) is 2.99. The highest BCUT2D eigenvalue weighted by molar-refractivity contribution is 5.92. The summed E-state index contributed by atoms with van der Waals surface area (Å²) in [6.45, 7) is 6.87. The number of aliphatic hydroxyl groups is 1. The fourth-order valence-corrected chi connectivity index (χ4v) is 9.16. The number of carboxylic acid groups (broad SMARTS) is 2. The maximum Gasteiger partial charge on any atom is 0.317 e. The third kappa shape index (κ3) is 3.45. The van der Waals surface area contributed by atoms with Gasteiger partial charge in [-0.2, -0.15) is 0 Å². The van der Waals surface area contributed by atoms with E-state index in [1.54, 1.807) is 0 Å². The van der Waals surface area contributed by atoms with Crippen LogP contribution in [0.2, 0.25) is 0 Å². The van der Waals surface area contributed by atoms with Gasteiger partial charge in [-0.05, 0) is 105 Å². The molecule has 1 unspecified atom stereocenters. The van der Waals surface area contributed by atoms with Gasteiger partial charge in [0.05, 0.1) is 5.60 Å². The standard InChI is InChI=1S/C26H42O5/c1-16(7-9-19(22(27)28)23(29)30)26(31)15-12-21-18-10-8-17-6-4-5-13-24(17,2)20(18)11-14-25(21,26)3/h16-21,31H,4-15H2,1-3H3,(H,27,28)(H,29,30)/t16-,17?,18-,20+,21+,24+,25+,26+/m1/s1. The highest BCUT2D eigenvalue weighted by Gasteiger charge is 2.65. The van der Waals surface area contributed by atoms with E-state index in [-0.39, 0.29) is 17.8 Å². The Morgan fingerprint density at radius 2 is 1.55 bits per heavy atom. The van der Waals surface area contributed by atoms with Crippen LogP contribution in [0.4, 0.5) is 0 Å². The third-order valence-electron chi connectivity index (χ3n) is 11.1. The summed E-state index contributed by atoms with van der Waals surface area (Å²) < 4.78 is 0. The van der Waals surface area contributed by atoms with Gasteiger partial charge in [0, 0.05) is 0 Å². The number of rotatable bonds is 6. The summed E-state index contributed by atoms with van der Waals surface area (Å²) in [5.41, 5.74) is -0.493. The molecular formula is C26H42O5. The zero-order valence-corrected chi connectivity index (χ0v) is 19.6. The van der Waals surface area contributed by atoms with Crippen LogP contribution in [0, 0.1) is 46.3 Å². The maximum atomic E-state index is 12.0. The number of aliphatic carboxylic acids is 2. The molecule has 0 heterocycles. The van der Waals surface area contributed by atoms with E-state index in [4.69, 9.17) is 0 Å². The lowest BCUT2D eigenvalue weighted by molar-refractivity contribution is -0.170. The minimum absolute atomic E-state index is 0.0840. The molecule has 0 saturated heterocycles. The van der Waals surface area contributed by atoms with Crippen LogP contribution in [0.5, 0.6) is 0 Å². The highest BCUT2D eigenvalue weighted by atomic mass is 16.4. The van der Waals surface area contributed by atoms with Crippen molar-refractivity contribution in [2.75, 3.05) is 0 Å². The molecule has 4 aliphatic carbocycles. The molecule has 5 heteroatoms. The van der Waals surface area contributed by atoms with Crippen molar-refractivity contribution >= 4 is 11.9 Å². The Labute approximate surface area is 187 Å². The van der Waals surface area contributed by atoms with E-state index in [9.17, 15) is 24.9 Å². The molecule has 4 fully saturated rings. The summed E-state index contributed by atoms with van der Waals surface area (Å²) in [4.78, 5) is 22.6. The van der Waals surface area contributed by atoms with Crippen molar-refractivity contribution in [3.8, 4) is 0 Å². The van der Waals surface area contributed by atoms with Gasteiger partial charge in [0.1, 0.15) is 0 Å². The Bertz CT molecular complexity index is 707. The lowest BCUT2D eigenvalue weighted by atomic mass is 9.44. The number of hydrogen-bond acceptors (Lipinski definition) is 3. The number of fused-ring (bicyclic) bond motifs is 5. The summed E-state index contributed by atoms with van der Waals surface area (Å²) in [6.07, 6.45) is 12.8. The molecule has 5 nitrogen and oxygen atoms in total. The van der Waals surface area contributed by atoms with Gasteiger partial charge in [-0.1, -0.05) is 33.6 Å². The van der Waals surface area contributed by atoms with Gasteiger partial charge in [0.15, 0.2) is 5.92 Å². The predicted octanol–water partition coefficient (Wildman–Crippen LogP) is 5.35. The molecule has 0 spiro atoms. The van der Waals surface area contributed by atoms with Crippen LogP contribution in [-0.4, -0.2) is 32.9 Å². The molecule has 0 aliphatic heterocycles. The van der Waals surface area contributed by atoms with Gasteiger partial charge in [0.25, 0.3) is 0 Å². The second-order valence-electron chi connectivity index (χ2n) is 12.0. The first kappa shape index (κ1) is 23.1. The zero-order valence-electron chi connectivity index (χ0n) is 19.6. The van der Waals surface area contributed by atoms with Crippen LogP contribution in [0.25, 0.3) is 0 Å². The highest BCUT2D eigenvalue weighted by Crippen LogP contribution is 2.69. The second-order valence-corrected chi connectivity index (χ2v) is 12.0. The van der Waals surface area contributed by atoms with E-state index in [1.165, 1.54) is 44.9 Å². The average molecular weight is 435 g/mol. The first-order chi connectivity index (χ1) is 14.5. The van der Waals surface area contributed by atoms with Crippen molar-refractivity contribution < 1.29 is 24.9 Å². The topological polar surface area (TPSA) is 94.8 Å². The molecule has 4 saturated carbocycles. The van der Waals surface area contributed by atoms with Crippen LogP contribution < -0.4 is 0 Å². The van der Waals surface area contributed by atoms with Crippen molar-refractivity contribution in [2.45, 2.75) is 103 Å². The molecule has 4 rings (SSSR count). The van der Waals surface area contributed by atoms with Crippen LogP contribution in [0.1, 0.15) is 97.8 Å². The molecule has 31 heavy (non-hydrogen) atoms. The molecule has 0 bridgehead atoms. The van der Waals surface area contributed by atoms with Crippen molar-refractivity contribution in [3.63, 3.8) is 0 Å². The maximum absolute atomic E-state index is 12.0. The van der Waals surface area contributed by atoms with Crippen molar-refractivity contribution in [2.24, 2.45) is 46.3 Å². The molecular weight excluding hydrogens is 392 g/mol. The largest absolute Gasteiger partial charge is 0.481 e. The van der Waals surface area contributed by atoms with E-state index in [2.05, 4.69) is 13.8 Å². The normalized spacial score (nSPS) is 45.5. The van der Waals surface area contributed by atoms with Crippen molar-refractivity contribution in [3.05, 3.63) is 0 Å². The summed E-state index contributed by atoms with van der Waals surface area (Å²) in [5.74, 6) is -1.13. The third-order valence-corrected chi connectivity index (χ3v) is 11.1. The Kier molecular flexibility index (Phi) is 5.98. The lowest BCUT2D eigenvalue weighted by Gasteiger charge is -2.61. The predicted molar refractivity (Wildman–Crippen MR) is 118 cm³/mol. The first-order valence-corrected chi connectivity index (χ1v) is 12.7. The van der Waals surface area contributed by atoms with E-state index >= 15 is 0 Å². The fourth-order valence-electron chi connectivity index (χ4n) is 9.16. The van der Waals surface area contributed by atoms with Gasteiger partial charge >= 0.3 is 11.9 Å². The number of carbonyl (C=O) groups is 2. The van der Waals surface area contributed by atoms with Gasteiger partial charge < -0.3 is 15.3 Å². The molecule has 0 aromatic carbocycles. The molecule has 0 radical (unpaired) electrons. The minimum Gasteiger partial charge on any atom is -0.481 e. The summed E-state index contributed by atoms with van der Waals surface area (Å²) in [7, 11) is 0. The molecule has 4 aliphatic rings. The van der Waals surface area contributed by atoms with Gasteiger partial charge in [0.2, 0.25) is 0 Å². The molecule has 176 valence electrons. The summed E-state index contributed by atoms with van der Waals surface area (Å²) in [5, 5.41) is 30.5. The van der Waals surface area contributed by atoms with Crippen LogP contribution in [0.3, 0.4) is 0 Å². The fraction of sp³-hybridized carbons (Fsp3) is 0.923. The summed E-state index contributed by atoms with van der Waals surface area (Å²) >= 11 is 0. The lowest BCUT2D eigenvalue weighted by Crippen LogP contribution is -2.57. The van der Waals surface area contributed by atoms with E-state index < -0.39 is 23.5 Å². The van der Waals surface area contributed by atoms with Crippen LogP contribution in [0.15, 0.2) is 0 Å². The first-order valence-electron chi connectivity index (χ1n) is 12.7. The quantitative estimate of drug-likeness (QED) is 0.490. The smallest absolute Gasteiger partial charge is 0.317 e. The SMILES string of the molecule is C[C@H](CCC(C(=O)O)C(=O)O)[C@@]1(O)CC[C@H]2[C@@H]3CCC4CCCC[C@]4(C)[C@H]3CC[C@@]21C. The zero-order chi connectivity index (χ0) is 22.6. The van der Waals surface area contributed by atoms with E-state index in [0.29, 0.717) is 23.7 Å². The van der Waals surface area contributed by atoms with Crippen LogP contribution in [-0.2, 0) is 9.59 Å². The Morgan fingerprint density at radius 3 is 2.23 bits per heavy atom. The second kappa shape index (κ2) is 8.04. The number of carboxylic acids is 2. The van der Waals surface area contributed by atoms with Crippen LogP contribution >= 0.6 is 0 Å². The number of hydrogen-bond donors (Lipinski definition) is 3. The Balaban J connectivity index is 1.51. The molecule has 3 N–H and O–H groups in total. The molecule has 8 atom stereocenters. The van der Waals surface area contributed by atoms with E-state index in [0.717, 1.165) is 31.1 Å². The van der Waals surface area contributed by atoms with Gasteiger partial charge in [-0.3, -0.25) is 9.59 Å². The Hall–Kier alpha value is -1.10. The molecule has 0 aromatic heterocycles. The van der Waals surface area contributed by atoms with Crippen molar-refractivity contribution in [1.29, 1.82) is 0 Å². The van der Waals surface area contributed by atoms with E-state index in [1.807, 2.05) is 6.92 Å². The van der Waals surface area contributed by atoms with Gasteiger partial charge in [-0.15, -0.1) is 0 Å².